The van der Waals surface area contributed by atoms with Crippen LogP contribution in [0.25, 0.3) is 0 Å². The second kappa shape index (κ2) is 5.97. The number of H-pyrrole nitrogens is 1. The number of carbonyl (C=O) groups excluding carboxylic acids is 2. The molecule has 5 heteroatoms. The molecule has 0 saturated heterocycles. The molecule has 5 nitrogen and oxygen atoms in total. The van der Waals surface area contributed by atoms with Crippen LogP contribution >= 0.6 is 0 Å². The molecule has 0 saturated carbocycles. The van der Waals surface area contributed by atoms with Crippen molar-refractivity contribution in [3.63, 3.8) is 0 Å². The minimum atomic E-state index is -1.58. The van der Waals surface area contributed by atoms with Gasteiger partial charge in [-0.2, -0.15) is 0 Å². The maximum absolute atomic E-state index is 11.9. The molecule has 1 aromatic heterocycles. The van der Waals surface area contributed by atoms with Gasteiger partial charge in [-0.15, -0.1) is 0 Å². The molecule has 1 aromatic carbocycles. The molecule has 0 fully saturated rings. The molecule has 20 heavy (non-hydrogen) atoms. The summed E-state index contributed by atoms with van der Waals surface area (Å²) < 4.78 is 0. The van der Waals surface area contributed by atoms with Crippen LogP contribution in [-0.4, -0.2) is 27.6 Å². The molecular weight excluding hydrogens is 258 g/mol. The summed E-state index contributed by atoms with van der Waals surface area (Å²) in [5, 5.41) is 8.52. The van der Waals surface area contributed by atoms with E-state index in [2.05, 4.69) is 4.98 Å². The van der Waals surface area contributed by atoms with Crippen molar-refractivity contribution >= 4 is 17.5 Å². The Morgan fingerprint density at radius 1 is 1.05 bits per heavy atom. The topological polar surface area (TPSA) is 87.2 Å². The molecule has 0 aliphatic carbocycles. The number of aromatic amines is 1. The molecule has 0 atom stereocenters. The van der Waals surface area contributed by atoms with E-state index in [-0.39, 0.29) is 0 Å². The summed E-state index contributed by atoms with van der Waals surface area (Å²) in [4.78, 5) is 36.4. The fraction of sp³-hybridized carbons (Fsp3) is 0.133. The van der Waals surface area contributed by atoms with E-state index >= 15 is 0 Å². The van der Waals surface area contributed by atoms with Crippen LogP contribution in [0.2, 0.25) is 0 Å². The molecule has 102 valence electrons. The van der Waals surface area contributed by atoms with Gasteiger partial charge in [0.2, 0.25) is 5.78 Å². The van der Waals surface area contributed by atoms with Gasteiger partial charge in [-0.3, -0.25) is 9.59 Å². The predicted octanol–water partition coefficient (Wildman–Crippen LogP) is 1.83. The van der Waals surface area contributed by atoms with Crippen molar-refractivity contribution in [2.24, 2.45) is 0 Å². The summed E-state index contributed by atoms with van der Waals surface area (Å²) in [6, 6.07) is 11.1. The first kappa shape index (κ1) is 13.7. The van der Waals surface area contributed by atoms with Crippen LogP contribution in [0.1, 0.15) is 28.0 Å². The Kier molecular flexibility index (Phi) is 4.10. The number of ketones is 2. The lowest BCUT2D eigenvalue weighted by molar-refractivity contribution is -0.148. The van der Waals surface area contributed by atoms with Crippen LogP contribution in [-0.2, 0) is 16.0 Å². The number of benzene rings is 1. The highest BCUT2D eigenvalue weighted by Gasteiger charge is 2.20. The van der Waals surface area contributed by atoms with E-state index in [1.165, 1.54) is 0 Å². The normalized spacial score (nSPS) is 10.2. The van der Waals surface area contributed by atoms with Crippen LogP contribution < -0.4 is 0 Å². The number of hydrogen-bond acceptors (Lipinski definition) is 3. The van der Waals surface area contributed by atoms with Gasteiger partial charge < -0.3 is 10.1 Å². The number of carbonyl (C=O) groups is 3. The highest BCUT2D eigenvalue weighted by atomic mass is 16.4. The van der Waals surface area contributed by atoms with Gasteiger partial charge in [-0.25, -0.2) is 4.79 Å². The number of nitrogens with one attached hydrogen (secondary N) is 1. The Morgan fingerprint density at radius 2 is 1.75 bits per heavy atom. The zero-order valence-electron chi connectivity index (χ0n) is 10.6. The van der Waals surface area contributed by atoms with E-state index in [4.69, 9.17) is 5.11 Å². The number of carboxylic acids is 1. The fourth-order valence-corrected chi connectivity index (χ4v) is 1.93. The number of carboxylic acid groups (broad SMARTS) is 1. The quantitative estimate of drug-likeness (QED) is 0.476. The number of Topliss-reactive ketones (excluding diaryl/α,β-unsaturated/α-hetero) is 2. The minimum absolute atomic E-state index is 0.364. The van der Waals surface area contributed by atoms with E-state index in [1.54, 1.807) is 12.3 Å². The Balaban J connectivity index is 2.14. The monoisotopic (exact) mass is 271 g/mol. The molecule has 1 heterocycles. The standard InChI is InChI=1S/C15H13NO4/c17-13(9-14(18)15(19)20)11-6-7-16-12(11)8-10-4-2-1-3-5-10/h1-7,16H,8-9H2,(H,19,20). The average molecular weight is 271 g/mol. The van der Waals surface area contributed by atoms with Gasteiger partial charge in [0.1, 0.15) is 0 Å². The molecule has 0 unspecified atom stereocenters. The third-order valence-corrected chi connectivity index (χ3v) is 2.92. The zero-order chi connectivity index (χ0) is 14.5. The molecule has 0 aliphatic heterocycles. The highest BCUT2D eigenvalue weighted by molar-refractivity contribution is 6.37. The molecule has 2 aromatic rings. The zero-order valence-corrected chi connectivity index (χ0v) is 10.6. The van der Waals surface area contributed by atoms with Gasteiger partial charge >= 0.3 is 5.97 Å². The third-order valence-electron chi connectivity index (χ3n) is 2.92. The van der Waals surface area contributed by atoms with Gasteiger partial charge in [0.25, 0.3) is 0 Å². The maximum Gasteiger partial charge on any atom is 0.372 e. The molecule has 0 amide bonds. The average Bonchev–Trinajstić information content (AvgIpc) is 2.88. The lowest BCUT2D eigenvalue weighted by Gasteiger charge is -2.03. The van der Waals surface area contributed by atoms with Gasteiger partial charge in [0.15, 0.2) is 5.78 Å². The van der Waals surface area contributed by atoms with Gasteiger partial charge in [0, 0.05) is 23.9 Å². The summed E-state index contributed by atoms with van der Waals surface area (Å²) >= 11 is 0. The largest absolute Gasteiger partial charge is 0.475 e. The molecule has 2 N–H and O–H groups in total. The van der Waals surface area contributed by atoms with E-state index in [9.17, 15) is 14.4 Å². The molecular formula is C15H13NO4. The van der Waals surface area contributed by atoms with E-state index < -0.39 is 24.0 Å². The first-order valence-electron chi connectivity index (χ1n) is 6.07. The Bertz CT molecular complexity index is 643. The van der Waals surface area contributed by atoms with Crippen LogP contribution in [0.15, 0.2) is 42.6 Å². The molecule has 0 bridgehead atoms. The number of rotatable bonds is 6. The SMILES string of the molecule is O=C(O)C(=O)CC(=O)c1cc[nH]c1Cc1ccccc1. The lowest BCUT2D eigenvalue weighted by atomic mass is 10.0. The van der Waals surface area contributed by atoms with Crippen molar-refractivity contribution in [2.75, 3.05) is 0 Å². The van der Waals surface area contributed by atoms with Crippen LogP contribution in [0, 0.1) is 0 Å². The minimum Gasteiger partial charge on any atom is -0.475 e. The van der Waals surface area contributed by atoms with E-state index in [0.29, 0.717) is 17.7 Å². The lowest BCUT2D eigenvalue weighted by Crippen LogP contribution is -2.17. The van der Waals surface area contributed by atoms with Gasteiger partial charge in [0.05, 0.1) is 6.42 Å². The first-order chi connectivity index (χ1) is 9.58. The molecule has 0 spiro atoms. The van der Waals surface area contributed by atoms with Gasteiger partial charge in [-0.05, 0) is 11.6 Å². The summed E-state index contributed by atoms with van der Waals surface area (Å²) in [7, 11) is 0. The first-order valence-corrected chi connectivity index (χ1v) is 6.07. The van der Waals surface area contributed by atoms with Crippen molar-refractivity contribution in [1.29, 1.82) is 0 Å². The van der Waals surface area contributed by atoms with Crippen molar-refractivity contribution in [3.05, 3.63) is 59.4 Å². The Labute approximate surface area is 115 Å². The van der Waals surface area contributed by atoms with Crippen LogP contribution in [0.5, 0.6) is 0 Å². The van der Waals surface area contributed by atoms with Crippen LogP contribution in [0.4, 0.5) is 0 Å². The highest BCUT2D eigenvalue weighted by Crippen LogP contribution is 2.15. The number of hydrogen-bond donors (Lipinski definition) is 2. The second-order valence-corrected chi connectivity index (χ2v) is 4.36. The second-order valence-electron chi connectivity index (χ2n) is 4.36. The van der Waals surface area contributed by atoms with Crippen molar-refractivity contribution in [3.8, 4) is 0 Å². The third kappa shape index (κ3) is 3.20. The maximum atomic E-state index is 11.9. The summed E-state index contributed by atoms with van der Waals surface area (Å²) in [6.45, 7) is 0. The van der Waals surface area contributed by atoms with E-state index in [0.717, 1.165) is 5.56 Å². The number of aliphatic carboxylic acids is 1. The van der Waals surface area contributed by atoms with Crippen molar-refractivity contribution in [1.82, 2.24) is 4.98 Å². The van der Waals surface area contributed by atoms with E-state index in [1.807, 2.05) is 30.3 Å². The molecule has 2 rings (SSSR count). The molecule has 0 radical (unpaired) electrons. The van der Waals surface area contributed by atoms with Crippen molar-refractivity contribution < 1.29 is 19.5 Å². The Hall–Kier alpha value is -2.69. The summed E-state index contributed by atoms with van der Waals surface area (Å²) in [5.74, 6) is -3.16. The summed E-state index contributed by atoms with van der Waals surface area (Å²) in [6.07, 6.45) is 1.52. The van der Waals surface area contributed by atoms with Crippen LogP contribution in [0.3, 0.4) is 0 Å². The van der Waals surface area contributed by atoms with Crippen molar-refractivity contribution in [2.45, 2.75) is 12.8 Å². The predicted molar refractivity (Wildman–Crippen MR) is 71.6 cm³/mol. The summed E-state index contributed by atoms with van der Waals surface area (Å²) in [5.41, 5.74) is 2.07. The smallest absolute Gasteiger partial charge is 0.372 e. The molecule has 0 aliphatic rings. The van der Waals surface area contributed by atoms with Gasteiger partial charge in [-0.1, -0.05) is 30.3 Å². The Morgan fingerprint density at radius 3 is 2.40 bits per heavy atom. The number of aromatic nitrogens is 1. The fourth-order valence-electron chi connectivity index (χ4n) is 1.93.